The number of rotatable bonds is 7. The van der Waals surface area contributed by atoms with Crippen LogP contribution in [0.25, 0.3) is 0 Å². The average molecular weight is 700 g/mol. The number of aryl methyl sites for hydroxylation is 1. The van der Waals surface area contributed by atoms with Crippen molar-refractivity contribution in [1.29, 1.82) is 0 Å². The van der Waals surface area contributed by atoms with E-state index in [1.165, 1.54) is 12.1 Å². The molecule has 1 radical (unpaired) electrons. The fourth-order valence-electron chi connectivity index (χ4n) is 2.30. The van der Waals surface area contributed by atoms with Crippen LogP contribution in [0.4, 0.5) is 0 Å². The predicted molar refractivity (Wildman–Crippen MR) is 141 cm³/mol. The van der Waals surface area contributed by atoms with Crippen LogP contribution in [-0.2, 0) is 15.1 Å². The summed E-state index contributed by atoms with van der Waals surface area (Å²) < 4.78 is -13.5. The SMILES string of the molecule is [CH2]CCCc1ccc(C(Cl)(Cl)C(Cl)(Cl)C(Cl)(Cl)Cl)cc1C(Cl)(Cl)C(Cl)(Cl)C(Cl)(Cl)Cl. The van der Waals surface area contributed by atoms with Crippen molar-refractivity contribution in [3.8, 4) is 0 Å². The first-order chi connectivity index (χ1) is 13.2. The third-order valence-corrected chi connectivity index (χ3v) is 11.9. The van der Waals surface area contributed by atoms with Crippen molar-refractivity contribution in [2.45, 2.75) is 44.2 Å². The van der Waals surface area contributed by atoms with Gasteiger partial charge in [-0.05, 0) is 35.6 Å². The maximum Gasteiger partial charge on any atom is 0.226 e. The lowest BCUT2D eigenvalue weighted by Gasteiger charge is -2.41. The first-order valence-electron chi connectivity index (χ1n) is 7.74. The number of hydrogen-bond donors (Lipinski definition) is 0. The van der Waals surface area contributed by atoms with Gasteiger partial charge in [0, 0.05) is 0 Å². The van der Waals surface area contributed by atoms with Crippen LogP contribution in [0.5, 0.6) is 0 Å². The zero-order valence-corrected chi connectivity index (χ0v) is 24.9. The van der Waals surface area contributed by atoms with Crippen LogP contribution >= 0.6 is 162 Å². The van der Waals surface area contributed by atoms with Gasteiger partial charge in [0.1, 0.15) is 0 Å². The van der Waals surface area contributed by atoms with Gasteiger partial charge in [-0.1, -0.05) is 188 Å². The van der Waals surface area contributed by atoms with Gasteiger partial charge in [-0.25, -0.2) is 0 Å². The monoisotopic (exact) mass is 693 g/mol. The fourth-order valence-corrected chi connectivity index (χ4v) is 5.31. The van der Waals surface area contributed by atoms with Crippen molar-refractivity contribution in [2.24, 2.45) is 0 Å². The summed E-state index contributed by atoms with van der Waals surface area (Å²) in [4.78, 5) is 0. The molecule has 0 bridgehead atoms. The summed E-state index contributed by atoms with van der Waals surface area (Å²) >= 11 is 86.3. The van der Waals surface area contributed by atoms with E-state index in [9.17, 15) is 0 Å². The van der Waals surface area contributed by atoms with Crippen molar-refractivity contribution < 1.29 is 0 Å². The standard InChI is InChI=1S/C16H11Cl14/c1-2-3-4-8-5-6-9(11(17,18)13(21,22)15(25,26)27)7-10(8)12(19,20)14(23,24)16(28,29)30/h5-7H,1-4H2. The third-order valence-electron chi connectivity index (χ3n) is 4.01. The number of hydrogen-bond acceptors (Lipinski definition) is 0. The molecule has 30 heavy (non-hydrogen) atoms. The molecule has 0 unspecified atom stereocenters. The molecular formula is C16H11Cl14. The maximum absolute atomic E-state index is 6.55. The van der Waals surface area contributed by atoms with E-state index in [-0.39, 0.29) is 11.1 Å². The van der Waals surface area contributed by atoms with Gasteiger partial charge >= 0.3 is 0 Å². The van der Waals surface area contributed by atoms with E-state index in [1.54, 1.807) is 6.07 Å². The zero-order valence-electron chi connectivity index (χ0n) is 14.4. The second-order valence-electron chi connectivity index (χ2n) is 6.12. The molecule has 0 spiro atoms. The minimum absolute atomic E-state index is 0.0645. The minimum atomic E-state index is -2.32. The summed E-state index contributed by atoms with van der Waals surface area (Å²) in [5, 5.41) is 0. The molecule has 1 rings (SSSR count). The highest BCUT2D eigenvalue weighted by atomic mass is 35.6. The van der Waals surface area contributed by atoms with Crippen LogP contribution in [-0.4, -0.2) is 16.3 Å². The van der Waals surface area contributed by atoms with Gasteiger partial charge in [-0.2, -0.15) is 0 Å². The summed E-state index contributed by atoms with van der Waals surface area (Å²) in [6, 6.07) is 4.45. The van der Waals surface area contributed by atoms with E-state index in [0.717, 1.165) is 0 Å². The smallest absolute Gasteiger partial charge is 0.0930 e. The lowest BCUT2D eigenvalue weighted by molar-refractivity contribution is 0.672. The van der Waals surface area contributed by atoms with E-state index in [1.807, 2.05) is 0 Å². The number of unbranched alkanes of at least 4 members (excludes halogenated alkanes) is 1. The highest BCUT2D eigenvalue weighted by Gasteiger charge is 2.63. The Kier molecular flexibility index (Phi) is 11.2. The van der Waals surface area contributed by atoms with Gasteiger partial charge in [0.05, 0.1) is 0 Å². The molecule has 0 N–H and O–H groups in total. The van der Waals surface area contributed by atoms with Gasteiger partial charge in [-0.15, -0.1) is 0 Å². The van der Waals surface area contributed by atoms with Crippen LogP contribution in [0.15, 0.2) is 18.2 Å². The zero-order chi connectivity index (χ0) is 24.0. The summed E-state index contributed by atoms with van der Waals surface area (Å²) in [6.07, 6.45) is 1.75. The second-order valence-corrected chi connectivity index (χ2v) is 16.0. The second kappa shape index (κ2) is 10.7. The number of alkyl halides is 14. The van der Waals surface area contributed by atoms with Gasteiger partial charge in [0.15, 0.2) is 8.67 Å². The Morgan fingerprint density at radius 3 is 1.47 bits per heavy atom. The summed E-state index contributed by atoms with van der Waals surface area (Å²) in [6.45, 7) is 3.79. The highest BCUT2D eigenvalue weighted by Crippen LogP contribution is 2.63. The minimum Gasteiger partial charge on any atom is -0.0930 e. The van der Waals surface area contributed by atoms with Crippen LogP contribution < -0.4 is 0 Å². The Morgan fingerprint density at radius 1 is 0.633 bits per heavy atom. The third kappa shape index (κ3) is 6.15. The first-order valence-corrected chi connectivity index (χ1v) is 13.0. The number of halogens is 14. The van der Waals surface area contributed by atoms with E-state index < -0.39 is 24.9 Å². The van der Waals surface area contributed by atoms with E-state index in [2.05, 4.69) is 6.92 Å². The fraction of sp³-hybridized carbons (Fsp3) is 0.562. The molecule has 0 saturated heterocycles. The van der Waals surface area contributed by atoms with Crippen LogP contribution in [0.2, 0.25) is 0 Å². The molecule has 0 aliphatic heterocycles. The highest BCUT2D eigenvalue weighted by molar-refractivity contribution is 6.79. The number of benzene rings is 1. The quantitative estimate of drug-likeness (QED) is 0.249. The molecule has 0 saturated carbocycles. The maximum atomic E-state index is 6.55. The molecule has 1 aromatic carbocycles. The van der Waals surface area contributed by atoms with Crippen LogP contribution in [0.1, 0.15) is 29.5 Å². The molecule has 0 amide bonds. The van der Waals surface area contributed by atoms with Gasteiger partial charge in [-0.3, -0.25) is 0 Å². The molecule has 14 heteroatoms. The van der Waals surface area contributed by atoms with Crippen molar-refractivity contribution in [3.63, 3.8) is 0 Å². The van der Waals surface area contributed by atoms with E-state index >= 15 is 0 Å². The molecule has 0 aliphatic carbocycles. The van der Waals surface area contributed by atoms with Crippen molar-refractivity contribution in [1.82, 2.24) is 0 Å². The topological polar surface area (TPSA) is 0 Å². The lowest BCUT2D eigenvalue weighted by atomic mass is 9.93. The van der Waals surface area contributed by atoms with Gasteiger partial charge < -0.3 is 0 Å². The Morgan fingerprint density at radius 2 is 1.07 bits per heavy atom. The molecule has 0 atom stereocenters. The average Bonchev–Trinajstić information content (AvgIpc) is 2.57. The van der Waals surface area contributed by atoms with Crippen molar-refractivity contribution >= 4 is 162 Å². The van der Waals surface area contributed by atoms with E-state index in [4.69, 9.17) is 162 Å². The molecule has 0 fully saturated rings. The normalized spacial score (nSPS) is 14.9. The van der Waals surface area contributed by atoms with Crippen LogP contribution in [0, 0.1) is 6.92 Å². The Balaban J connectivity index is 3.78. The molecular weight excluding hydrogens is 689 g/mol. The molecule has 0 aromatic heterocycles. The van der Waals surface area contributed by atoms with E-state index in [0.29, 0.717) is 24.8 Å². The molecule has 173 valence electrons. The van der Waals surface area contributed by atoms with Crippen molar-refractivity contribution in [2.75, 3.05) is 0 Å². The molecule has 1 aromatic rings. The Bertz CT molecular complexity index is 741. The van der Waals surface area contributed by atoms with Crippen molar-refractivity contribution in [3.05, 3.63) is 41.8 Å². The molecule has 0 aliphatic rings. The summed E-state index contributed by atoms with van der Waals surface area (Å²) in [5.41, 5.74) is 0.793. The molecule has 0 nitrogen and oxygen atoms in total. The Hall–Kier alpha value is 3.28. The molecule has 0 heterocycles. The Labute approximate surface area is 245 Å². The van der Waals surface area contributed by atoms with Crippen LogP contribution in [0.3, 0.4) is 0 Å². The predicted octanol–water partition coefficient (Wildman–Crippen LogP) is 11.2. The first kappa shape index (κ1) is 31.3. The largest absolute Gasteiger partial charge is 0.226 e. The van der Waals surface area contributed by atoms with Gasteiger partial charge in [0.25, 0.3) is 0 Å². The summed E-state index contributed by atoms with van der Waals surface area (Å²) in [7, 11) is 0. The summed E-state index contributed by atoms with van der Waals surface area (Å²) in [5.74, 6) is 0. The lowest BCUT2D eigenvalue weighted by Crippen LogP contribution is -2.46. The van der Waals surface area contributed by atoms with Gasteiger partial charge in [0.2, 0.25) is 16.3 Å².